The van der Waals surface area contributed by atoms with Gasteiger partial charge in [-0.2, -0.15) is 0 Å². The van der Waals surface area contributed by atoms with Crippen molar-refractivity contribution in [2.45, 2.75) is 40.7 Å². The molecule has 0 saturated carbocycles. The molecule has 0 bridgehead atoms. The lowest BCUT2D eigenvalue weighted by Gasteiger charge is -2.28. The van der Waals surface area contributed by atoms with Crippen LogP contribution in [0.4, 0.5) is 5.69 Å². The number of benzene rings is 1. The summed E-state index contributed by atoms with van der Waals surface area (Å²) in [6.07, 6.45) is 0. The zero-order chi connectivity index (χ0) is 13.0. The number of hydrogen-bond acceptors (Lipinski definition) is 2. The molecule has 17 heavy (non-hydrogen) atoms. The van der Waals surface area contributed by atoms with Crippen LogP contribution in [0.15, 0.2) is 18.2 Å². The molecule has 0 aliphatic heterocycles. The molecule has 1 N–H and O–H groups in total. The number of anilines is 1. The van der Waals surface area contributed by atoms with Gasteiger partial charge in [-0.25, -0.2) is 0 Å². The molecule has 0 atom stereocenters. The Hall–Kier alpha value is -1.18. The van der Waals surface area contributed by atoms with Crippen LogP contribution in [-0.2, 0) is 0 Å². The maximum Gasteiger partial charge on any atom is 0.142 e. The highest BCUT2D eigenvalue weighted by Crippen LogP contribution is 2.28. The molecule has 0 unspecified atom stereocenters. The highest BCUT2D eigenvalue weighted by Gasteiger charge is 2.18. The van der Waals surface area contributed by atoms with E-state index in [1.165, 1.54) is 5.56 Å². The average molecular weight is 235 g/mol. The quantitative estimate of drug-likeness (QED) is 0.829. The summed E-state index contributed by atoms with van der Waals surface area (Å²) in [6.45, 7) is 11.1. The number of nitrogens with one attached hydrogen (secondary N) is 1. The molecule has 0 amide bonds. The molecule has 0 heterocycles. The van der Waals surface area contributed by atoms with Crippen LogP contribution in [0.25, 0.3) is 0 Å². The van der Waals surface area contributed by atoms with E-state index in [2.05, 4.69) is 58.1 Å². The van der Waals surface area contributed by atoms with Gasteiger partial charge in [-0.05, 0) is 36.5 Å². The number of aryl methyl sites for hydroxylation is 1. The normalized spacial score (nSPS) is 11.4. The zero-order valence-corrected chi connectivity index (χ0v) is 11.9. The van der Waals surface area contributed by atoms with Crippen molar-refractivity contribution in [3.63, 3.8) is 0 Å². The van der Waals surface area contributed by atoms with E-state index in [1.54, 1.807) is 7.11 Å². The van der Waals surface area contributed by atoms with Crippen LogP contribution in [0.3, 0.4) is 0 Å². The Morgan fingerprint density at radius 2 is 1.65 bits per heavy atom. The Bertz CT molecular complexity index is 350. The smallest absolute Gasteiger partial charge is 0.142 e. The molecule has 0 aliphatic rings. The summed E-state index contributed by atoms with van der Waals surface area (Å²) in [5, 5.41) is 3.60. The van der Waals surface area contributed by atoms with E-state index in [9.17, 15) is 0 Å². The molecule has 96 valence electrons. The highest BCUT2D eigenvalue weighted by atomic mass is 16.5. The molecule has 0 aromatic heterocycles. The third-order valence-electron chi connectivity index (χ3n) is 3.12. The fourth-order valence-electron chi connectivity index (χ4n) is 2.20. The van der Waals surface area contributed by atoms with Crippen LogP contribution in [-0.4, -0.2) is 13.2 Å². The van der Waals surface area contributed by atoms with Gasteiger partial charge in [-0.1, -0.05) is 33.8 Å². The van der Waals surface area contributed by atoms with Crippen molar-refractivity contribution >= 4 is 5.69 Å². The standard InChI is InChI=1S/C15H25NO/c1-10(2)15(11(3)4)16-13-8-7-12(5)9-14(13)17-6/h7-11,15-16H,1-6H3. The number of methoxy groups -OCH3 is 1. The maximum absolute atomic E-state index is 5.42. The molecule has 1 aromatic rings. The number of ether oxygens (including phenoxy) is 1. The molecule has 0 spiro atoms. The minimum atomic E-state index is 0.464. The zero-order valence-electron chi connectivity index (χ0n) is 11.9. The first-order chi connectivity index (χ1) is 7.95. The lowest BCUT2D eigenvalue weighted by atomic mass is 9.93. The molecular formula is C15H25NO. The van der Waals surface area contributed by atoms with Crippen LogP contribution < -0.4 is 10.1 Å². The highest BCUT2D eigenvalue weighted by molar-refractivity contribution is 5.58. The van der Waals surface area contributed by atoms with E-state index >= 15 is 0 Å². The van der Waals surface area contributed by atoms with Crippen molar-refractivity contribution in [1.82, 2.24) is 0 Å². The molecule has 2 nitrogen and oxygen atoms in total. The largest absolute Gasteiger partial charge is 0.495 e. The molecule has 0 saturated heterocycles. The Morgan fingerprint density at radius 3 is 2.12 bits per heavy atom. The van der Waals surface area contributed by atoms with Gasteiger partial charge in [-0.15, -0.1) is 0 Å². The lowest BCUT2D eigenvalue weighted by molar-refractivity contribution is 0.399. The number of hydrogen-bond donors (Lipinski definition) is 1. The summed E-state index contributed by atoms with van der Waals surface area (Å²) in [6, 6.07) is 6.75. The summed E-state index contributed by atoms with van der Waals surface area (Å²) in [4.78, 5) is 0. The fraction of sp³-hybridized carbons (Fsp3) is 0.600. The Morgan fingerprint density at radius 1 is 1.06 bits per heavy atom. The lowest BCUT2D eigenvalue weighted by Crippen LogP contribution is -2.31. The van der Waals surface area contributed by atoms with Crippen molar-refractivity contribution in [1.29, 1.82) is 0 Å². The van der Waals surface area contributed by atoms with Gasteiger partial charge in [0.25, 0.3) is 0 Å². The van der Waals surface area contributed by atoms with Gasteiger partial charge in [0.05, 0.1) is 12.8 Å². The number of rotatable bonds is 5. The summed E-state index contributed by atoms with van der Waals surface area (Å²) in [5.74, 6) is 2.12. The van der Waals surface area contributed by atoms with Crippen LogP contribution in [0.2, 0.25) is 0 Å². The van der Waals surface area contributed by atoms with Crippen molar-refractivity contribution in [3.8, 4) is 5.75 Å². The fourth-order valence-corrected chi connectivity index (χ4v) is 2.20. The molecule has 2 heteroatoms. The van der Waals surface area contributed by atoms with Gasteiger partial charge in [0.15, 0.2) is 0 Å². The van der Waals surface area contributed by atoms with Gasteiger partial charge in [0, 0.05) is 6.04 Å². The Labute approximate surface area is 105 Å². The topological polar surface area (TPSA) is 21.3 Å². The molecule has 0 fully saturated rings. The molecule has 0 aliphatic carbocycles. The Balaban J connectivity index is 2.93. The van der Waals surface area contributed by atoms with E-state index in [0.29, 0.717) is 17.9 Å². The molecular weight excluding hydrogens is 210 g/mol. The molecule has 0 radical (unpaired) electrons. The van der Waals surface area contributed by atoms with Crippen molar-refractivity contribution < 1.29 is 4.74 Å². The van der Waals surface area contributed by atoms with Crippen molar-refractivity contribution in [2.24, 2.45) is 11.8 Å². The van der Waals surface area contributed by atoms with Gasteiger partial charge in [0.2, 0.25) is 0 Å². The average Bonchev–Trinajstić information content (AvgIpc) is 2.26. The molecule has 1 rings (SSSR count). The monoisotopic (exact) mass is 235 g/mol. The SMILES string of the molecule is COc1cc(C)ccc1NC(C(C)C)C(C)C. The minimum absolute atomic E-state index is 0.464. The predicted molar refractivity (Wildman–Crippen MR) is 74.8 cm³/mol. The van der Waals surface area contributed by atoms with E-state index in [0.717, 1.165) is 11.4 Å². The van der Waals surface area contributed by atoms with Crippen LogP contribution in [0.1, 0.15) is 33.3 Å². The van der Waals surface area contributed by atoms with E-state index in [-0.39, 0.29) is 0 Å². The first kappa shape index (κ1) is 13.9. The van der Waals surface area contributed by atoms with Crippen LogP contribution in [0, 0.1) is 18.8 Å². The summed E-state index contributed by atoms with van der Waals surface area (Å²) in [7, 11) is 1.72. The van der Waals surface area contributed by atoms with Gasteiger partial charge < -0.3 is 10.1 Å². The van der Waals surface area contributed by atoms with Crippen LogP contribution >= 0.6 is 0 Å². The van der Waals surface area contributed by atoms with E-state index in [4.69, 9.17) is 4.74 Å². The summed E-state index contributed by atoms with van der Waals surface area (Å²) >= 11 is 0. The second-order valence-electron chi connectivity index (χ2n) is 5.36. The summed E-state index contributed by atoms with van der Waals surface area (Å²) < 4.78 is 5.42. The predicted octanol–water partition coefficient (Wildman–Crippen LogP) is 4.10. The van der Waals surface area contributed by atoms with Gasteiger partial charge in [-0.3, -0.25) is 0 Å². The van der Waals surface area contributed by atoms with Gasteiger partial charge in [0.1, 0.15) is 5.75 Å². The minimum Gasteiger partial charge on any atom is -0.495 e. The molecule has 1 aromatic carbocycles. The van der Waals surface area contributed by atoms with Crippen molar-refractivity contribution in [3.05, 3.63) is 23.8 Å². The second kappa shape index (κ2) is 5.95. The summed E-state index contributed by atoms with van der Waals surface area (Å²) in [5.41, 5.74) is 2.31. The first-order valence-electron chi connectivity index (χ1n) is 6.37. The van der Waals surface area contributed by atoms with Crippen LogP contribution in [0.5, 0.6) is 5.75 Å². The Kier molecular flexibility index (Phi) is 4.86. The van der Waals surface area contributed by atoms with Crippen molar-refractivity contribution in [2.75, 3.05) is 12.4 Å². The maximum atomic E-state index is 5.42. The third-order valence-corrected chi connectivity index (χ3v) is 3.12. The van der Waals surface area contributed by atoms with E-state index in [1.807, 2.05) is 0 Å². The first-order valence-corrected chi connectivity index (χ1v) is 6.37. The third kappa shape index (κ3) is 3.65. The van der Waals surface area contributed by atoms with E-state index < -0.39 is 0 Å². The van der Waals surface area contributed by atoms with Gasteiger partial charge >= 0.3 is 0 Å². The second-order valence-corrected chi connectivity index (χ2v) is 5.36.